The third-order valence-corrected chi connectivity index (χ3v) is 3.92. The van der Waals surface area contributed by atoms with Crippen LogP contribution in [0.5, 0.6) is 6.01 Å². The molecular weight excluding hydrogens is 367 g/mol. The molecule has 6 nitrogen and oxygen atoms in total. The fourth-order valence-electron chi connectivity index (χ4n) is 2.44. The highest BCUT2D eigenvalue weighted by Gasteiger charge is 2.26. The van der Waals surface area contributed by atoms with E-state index in [9.17, 15) is 9.18 Å². The monoisotopic (exact) mass is 380 g/mol. The van der Waals surface area contributed by atoms with Crippen molar-refractivity contribution in [1.29, 1.82) is 0 Å². The van der Waals surface area contributed by atoms with Crippen molar-refractivity contribution in [2.75, 3.05) is 13.1 Å². The van der Waals surface area contributed by atoms with E-state index >= 15 is 0 Å². The molecule has 1 fully saturated rings. The Kier molecular flexibility index (Phi) is 4.80. The van der Waals surface area contributed by atoms with Gasteiger partial charge >= 0.3 is 6.01 Å². The van der Waals surface area contributed by atoms with E-state index < -0.39 is 5.82 Å². The van der Waals surface area contributed by atoms with Crippen LogP contribution in [0, 0.1) is 5.82 Å². The molecule has 120 valence electrons. The van der Waals surface area contributed by atoms with Gasteiger partial charge in [0.2, 0.25) is 0 Å². The van der Waals surface area contributed by atoms with E-state index in [2.05, 4.69) is 30.9 Å². The summed E-state index contributed by atoms with van der Waals surface area (Å²) < 4.78 is 19.2. The van der Waals surface area contributed by atoms with Crippen molar-refractivity contribution >= 4 is 21.8 Å². The molecule has 23 heavy (non-hydrogen) atoms. The topological polar surface area (TPSA) is 68.2 Å². The number of pyridine rings is 1. The van der Waals surface area contributed by atoms with Gasteiger partial charge in [0, 0.05) is 23.4 Å². The smallest absolute Gasteiger partial charge is 0.316 e. The number of hydrogen-bond donors (Lipinski definition) is 0. The highest BCUT2D eigenvalue weighted by molar-refractivity contribution is 9.10. The number of rotatable bonds is 3. The zero-order chi connectivity index (χ0) is 16.2. The van der Waals surface area contributed by atoms with Crippen LogP contribution in [0.1, 0.15) is 23.2 Å². The van der Waals surface area contributed by atoms with Crippen LogP contribution in [0.2, 0.25) is 0 Å². The standard InChI is InChI=1S/C15H14BrFN4O2/c16-11-4-10(5-18-6-11)14(22)21-3-1-2-13(9-21)23-15-19-7-12(17)8-20-15/h4-8,13H,1-3,9H2/t13-/m0/s1. The molecule has 3 heterocycles. The van der Waals surface area contributed by atoms with Crippen LogP contribution >= 0.6 is 15.9 Å². The Morgan fingerprint density at radius 1 is 1.30 bits per heavy atom. The number of piperidine rings is 1. The Labute approximate surface area is 140 Å². The molecule has 0 saturated carbocycles. The average molecular weight is 381 g/mol. The fourth-order valence-corrected chi connectivity index (χ4v) is 2.81. The molecular formula is C15H14BrFN4O2. The number of amides is 1. The SMILES string of the molecule is O=C(c1cncc(Br)c1)N1CCC[C@H](Oc2ncc(F)cn2)C1. The van der Waals surface area contributed by atoms with E-state index in [1.807, 2.05) is 0 Å². The summed E-state index contributed by atoms with van der Waals surface area (Å²) in [4.78, 5) is 25.8. The van der Waals surface area contributed by atoms with E-state index in [1.165, 1.54) is 0 Å². The Hall–Kier alpha value is -2.09. The first-order valence-electron chi connectivity index (χ1n) is 7.16. The number of likely N-dealkylation sites (tertiary alicyclic amines) is 1. The lowest BCUT2D eigenvalue weighted by Crippen LogP contribution is -2.44. The molecule has 1 atom stereocenters. The van der Waals surface area contributed by atoms with Crippen LogP contribution < -0.4 is 4.74 Å². The van der Waals surface area contributed by atoms with Gasteiger partial charge in [0.25, 0.3) is 5.91 Å². The first-order chi connectivity index (χ1) is 11.1. The zero-order valence-electron chi connectivity index (χ0n) is 12.2. The number of aromatic nitrogens is 3. The number of halogens is 2. The first-order valence-corrected chi connectivity index (χ1v) is 7.95. The molecule has 1 saturated heterocycles. The van der Waals surface area contributed by atoms with Gasteiger partial charge in [-0.05, 0) is 34.8 Å². The molecule has 0 aromatic carbocycles. The van der Waals surface area contributed by atoms with Crippen LogP contribution in [0.15, 0.2) is 35.3 Å². The normalized spacial score (nSPS) is 17.8. The summed E-state index contributed by atoms with van der Waals surface area (Å²) in [5, 5.41) is 0. The summed E-state index contributed by atoms with van der Waals surface area (Å²) >= 11 is 3.31. The number of nitrogens with zero attached hydrogens (tertiary/aromatic N) is 4. The highest BCUT2D eigenvalue weighted by Crippen LogP contribution is 2.18. The van der Waals surface area contributed by atoms with E-state index in [1.54, 1.807) is 23.4 Å². The van der Waals surface area contributed by atoms with Gasteiger partial charge in [0.05, 0.1) is 24.5 Å². The summed E-state index contributed by atoms with van der Waals surface area (Å²) in [5.74, 6) is -0.605. The number of ether oxygens (including phenoxy) is 1. The van der Waals surface area contributed by atoms with Crippen LogP contribution in [-0.4, -0.2) is 45.0 Å². The number of carbonyl (C=O) groups excluding carboxylic acids is 1. The molecule has 0 N–H and O–H groups in total. The van der Waals surface area contributed by atoms with Gasteiger partial charge < -0.3 is 9.64 Å². The van der Waals surface area contributed by atoms with Crippen molar-refractivity contribution in [3.63, 3.8) is 0 Å². The minimum absolute atomic E-state index is 0.0906. The molecule has 2 aromatic heterocycles. The third-order valence-electron chi connectivity index (χ3n) is 3.49. The van der Waals surface area contributed by atoms with Crippen molar-refractivity contribution in [3.8, 4) is 6.01 Å². The fraction of sp³-hybridized carbons (Fsp3) is 0.333. The Morgan fingerprint density at radius 2 is 2.09 bits per heavy atom. The number of hydrogen-bond acceptors (Lipinski definition) is 5. The minimum Gasteiger partial charge on any atom is -0.458 e. The van der Waals surface area contributed by atoms with Crippen molar-refractivity contribution in [2.24, 2.45) is 0 Å². The Morgan fingerprint density at radius 3 is 2.83 bits per heavy atom. The second kappa shape index (κ2) is 6.99. The van der Waals surface area contributed by atoms with Gasteiger partial charge in [-0.15, -0.1) is 0 Å². The molecule has 1 aliphatic rings. The molecule has 0 aliphatic carbocycles. The van der Waals surface area contributed by atoms with E-state index in [0.717, 1.165) is 29.7 Å². The van der Waals surface area contributed by atoms with Crippen LogP contribution in [0.25, 0.3) is 0 Å². The van der Waals surface area contributed by atoms with Crippen molar-refractivity contribution in [3.05, 3.63) is 46.7 Å². The first kappa shape index (κ1) is 15.8. The summed E-state index contributed by atoms with van der Waals surface area (Å²) in [6.07, 6.45) is 6.69. The van der Waals surface area contributed by atoms with Crippen molar-refractivity contribution in [1.82, 2.24) is 19.9 Å². The maximum atomic E-state index is 12.8. The van der Waals surface area contributed by atoms with Gasteiger partial charge in [-0.25, -0.2) is 14.4 Å². The van der Waals surface area contributed by atoms with E-state index in [-0.39, 0.29) is 18.0 Å². The maximum absolute atomic E-state index is 12.8. The maximum Gasteiger partial charge on any atom is 0.316 e. The molecule has 1 amide bonds. The van der Waals surface area contributed by atoms with Gasteiger partial charge in [0.1, 0.15) is 6.10 Å². The Balaban J connectivity index is 1.66. The van der Waals surface area contributed by atoms with Crippen LogP contribution in [-0.2, 0) is 0 Å². The largest absolute Gasteiger partial charge is 0.458 e. The third kappa shape index (κ3) is 4.01. The molecule has 3 rings (SSSR count). The van der Waals surface area contributed by atoms with E-state index in [0.29, 0.717) is 18.7 Å². The van der Waals surface area contributed by atoms with Crippen LogP contribution in [0.3, 0.4) is 0 Å². The summed E-state index contributed by atoms with van der Waals surface area (Å²) in [6, 6.07) is 1.86. The molecule has 0 bridgehead atoms. The predicted octanol–water partition coefficient (Wildman–Crippen LogP) is 2.46. The minimum atomic E-state index is -0.514. The molecule has 0 unspecified atom stereocenters. The van der Waals surface area contributed by atoms with Crippen LogP contribution in [0.4, 0.5) is 4.39 Å². The second-order valence-corrected chi connectivity index (χ2v) is 6.12. The van der Waals surface area contributed by atoms with Crippen molar-refractivity contribution in [2.45, 2.75) is 18.9 Å². The summed E-state index contributed by atoms with van der Waals surface area (Å²) in [5.41, 5.74) is 0.526. The lowest BCUT2D eigenvalue weighted by Gasteiger charge is -2.32. The summed E-state index contributed by atoms with van der Waals surface area (Å²) in [6.45, 7) is 1.10. The van der Waals surface area contributed by atoms with Crippen molar-refractivity contribution < 1.29 is 13.9 Å². The molecule has 0 spiro atoms. The quantitative estimate of drug-likeness (QED) is 0.817. The molecule has 2 aromatic rings. The average Bonchev–Trinajstić information content (AvgIpc) is 2.56. The summed E-state index contributed by atoms with van der Waals surface area (Å²) in [7, 11) is 0. The second-order valence-electron chi connectivity index (χ2n) is 5.21. The van der Waals surface area contributed by atoms with Gasteiger partial charge in [0.15, 0.2) is 5.82 Å². The molecule has 8 heteroatoms. The van der Waals surface area contributed by atoms with Gasteiger partial charge in [-0.2, -0.15) is 0 Å². The Bertz CT molecular complexity index is 698. The molecule has 1 aliphatic heterocycles. The lowest BCUT2D eigenvalue weighted by molar-refractivity contribution is 0.0515. The van der Waals surface area contributed by atoms with Gasteiger partial charge in [-0.3, -0.25) is 9.78 Å². The zero-order valence-corrected chi connectivity index (χ0v) is 13.7. The lowest BCUT2D eigenvalue weighted by atomic mass is 10.1. The number of carbonyl (C=O) groups is 1. The predicted molar refractivity (Wildman–Crippen MR) is 83.5 cm³/mol. The molecule has 0 radical (unpaired) electrons. The highest BCUT2D eigenvalue weighted by atomic mass is 79.9. The van der Waals surface area contributed by atoms with Gasteiger partial charge in [-0.1, -0.05) is 0 Å². The van der Waals surface area contributed by atoms with E-state index in [4.69, 9.17) is 4.74 Å².